The SMILES string of the molecule is CC1CN(C(=O)CCCSc2nnc3c4ccccc4n(Cc4ccc(Br)cc4)c3n2)CCN1C(=O)c1ccccc1Cl. The molecule has 2 amide bonds. The quantitative estimate of drug-likeness (QED) is 0.135. The molecular weight excluding hydrogens is 648 g/mol. The maximum absolute atomic E-state index is 13.0. The number of aromatic nitrogens is 4. The molecule has 0 aliphatic carbocycles. The fourth-order valence-electron chi connectivity index (χ4n) is 5.50. The van der Waals surface area contributed by atoms with Gasteiger partial charge in [-0.05, 0) is 49.2 Å². The molecule has 2 aromatic heterocycles. The number of piperazine rings is 1. The largest absolute Gasteiger partial charge is 0.339 e. The van der Waals surface area contributed by atoms with E-state index in [0.29, 0.717) is 60.5 Å². The molecule has 43 heavy (non-hydrogen) atoms. The van der Waals surface area contributed by atoms with E-state index in [9.17, 15) is 9.59 Å². The molecule has 3 aromatic carbocycles. The number of carbonyl (C=O) groups excluding carboxylic acids is 2. The molecule has 0 radical (unpaired) electrons. The lowest BCUT2D eigenvalue weighted by molar-refractivity contribution is -0.133. The van der Waals surface area contributed by atoms with Gasteiger partial charge in [-0.1, -0.05) is 81.8 Å². The van der Waals surface area contributed by atoms with Crippen LogP contribution in [0.3, 0.4) is 0 Å². The van der Waals surface area contributed by atoms with Crippen LogP contribution in [0.25, 0.3) is 22.1 Å². The molecule has 1 fully saturated rings. The fraction of sp³-hybridized carbons (Fsp3) is 0.281. The van der Waals surface area contributed by atoms with Crippen LogP contribution in [-0.2, 0) is 11.3 Å². The number of benzene rings is 3. The van der Waals surface area contributed by atoms with Gasteiger partial charge in [0, 0.05) is 54.3 Å². The minimum Gasteiger partial charge on any atom is -0.339 e. The zero-order chi connectivity index (χ0) is 29.9. The van der Waals surface area contributed by atoms with Gasteiger partial charge in [0.2, 0.25) is 11.1 Å². The second-order valence-electron chi connectivity index (χ2n) is 10.6. The van der Waals surface area contributed by atoms with Crippen LogP contribution in [0.4, 0.5) is 0 Å². The monoisotopic (exact) mass is 676 g/mol. The lowest BCUT2D eigenvalue weighted by Gasteiger charge is -2.40. The van der Waals surface area contributed by atoms with E-state index in [4.69, 9.17) is 16.6 Å². The first-order valence-electron chi connectivity index (χ1n) is 14.2. The maximum Gasteiger partial charge on any atom is 0.255 e. The van der Waals surface area contributed by atoms with Crippen LogP contribution in [0.15, 0.2) is 82.4 Å². The van der Waals surface area contributed by atoms with Crippen LogP contribution in [-0.4, -0.2) is 72.8 Å². The Morgan fingerprint density at radius 1 is 1.00 bits per heavy atom. The van der Waals surface area contributed by atoms with Gasteiger partial charge in [-0.25, -0.2) is 4.98 Å². The lowest BCUT2D eigenvalue weighted by atomic mass is 10.1. The minimum absolute atomic E-state index is 0.0915. The summed E-state index contributed by atoms with van der Waals surface area (Å²) in [6.07, 6.45) is 1.12. The standard InChI is InChI=1S/C32H30BrClN6O2S/c1-21-19-38(16-17-39(21)31(42)24-7-2-4-9-26(24)34)28(41)11-6-18-43-32-35-30-29(36-37-32)25-8-3-5-10-27(25)40(30)20-22-12-14-23(33)15-13-22/h2-5,7-10,12-15,21H,6,11,16-20H2,1H3. The van der Waals surface area contributed by atoms with Gasteiger partial charge in [0.1, 0.15) is 5.52 Å². The molecule has 3 heterocycles. The summed E-state index contributed by atoms with van der Waals surface area (Å²) < 4.78 is 3.23. The Bertz CT molecular complexity index is 1800. The minimum atomic E-state index is -0.0944. The Balaban J connectivity index is 1.06. The summed E-state index contributed by atoms with van der Waals surface area (Å²) in [5.74, 6) is 0.705. The molecule has 11 heteroatoms. The predicted octanol–water partition coefficient (Wildman–Crippen LogP) is 6.69. The lowest BCUT2D eigenvalue weighted by Crippen LogP contribution is -2.55. The van der Waals surface area contributed by atoms with Gasteiger partial charge in [0.25, 0.3) is 5.91 Å². The number of thioether (sulfide) groups is 1. The van der Waals surface area contributed by atoms with Crippen molar-refractivity contribution < 1.29 is 9.59 Å². The highest BCUT2D eigenvalue weighted by molar-refractivity contribution is 9.10. The van der Waals surface area contributed by atoms with Crippen molar-refractivity contribution in [2.45, 2.75) is 37.5 Å². The molecular formula is C32H30BrClN6O2S. The number of para-hydroxylation sites is 1. The molecule has 0 bridgehead atoms. The molecule has 0 N–H and O–H groups in total. The Kier molecular flexibility index (Phi) is 8.97. The average Bonchev–Trinajstić information content (AvgIpc) is 3.32. The van der Waals surface area contributed by atoms with E-state index in [1.165, 1.54) is 17.3 Å². The zero-order valence-corrected chi connectivity index (χ0v) is 26.8. The molecule has 1 atom stereocenters. The van der Waals surface area contributed by atoms with E-state index in [1.807, 2.05) is 48.2 Å². The summed E-state index contributed by atoms with van der Waals surface area (Å²) in [7, 11) is 0. The molecule has 1 saturated heterocycles. The van der Waals surface area contributed by atoms with Crippen LogP contribution >= 0.6 is 39.3 Å². The van der Waals surface area contributed by atoms with Crippen molar-refractivity contribution in [2.75, 3.05) is 25.4 Å². The molecule has 1 unspecified atom stereocenters. The summed E-state index contributed by atoms with van der Waals surface area (Å²) in [6.45, 7) is 4.15. The number of hydrogen-bond acceptors (Lipinski definition) is 6. The van der Waals surface area contributed by atoms with E-state index in [-0.39, 0.29) is 17.9 Å². The Hall–Kier alpha value is -3.47. The highest BCUT2D eigenvalue weighted by Gasteiger charge is 2.30. The number of amides is 2. The third-order valence-electron chi connectivity index (χ3n) is 7.72. The van der Waals surface area contributed by atoms with E-state index in [1.54, 1.807) is 17.0 Å². The smallest absolute Gasteiger partial charge is 0.255 e. The van der Waals surface area contributed by atoms with Crippen molar-refractivity contribution >= 4 is 73.2 Å². The average molecular weight is 678 g/mol. The number of rotatable bonds is 8. The van der Waals surface area contributed by atoms with Crippen molar-refractivity contribution in [1.29, 1.82) is 0 Å². The molecule has 0 saturated carbocycles. The molecule has 8 nitrogen and oxygen atoms in total. The molecule has 220 valence electrons. The third kappa shape index (κ3) is 6.41. The van der Waals surface area contributed by atoms with Gasteiger partial charge < -0.3 is 14.4 Å². The van der Waals surface area contributed by atoms with Crippen LogP contribution in [0.1, 0.15) is 35.7 Å². The molecule has 0 spiro atoms. The topological polar surface area (TPSA) is 84.2 Å². The predicted molar refractivity (Wildman–Crippen MR) is 175 cm³/mol. The first-order valence-corrected chi connectivity index (χ1v) is 16.4. The summed E-state index contributed by atoms with van der Waals surface area (Å²) in [6, 6.07) is 23.4. The van der Waals surface area contributed by atoms with E-state index in [0.717, 1.165) is 26.5 Å². The van der Waals surface area contributed by atoms with Crippen molar-refractivity contribution in [1.82, 2.24) is 29.5 Å². The van der Waals surface area contributed by atoms with Crippen molar-refractivity contribution in [3.05, 3.63) is 93.4 Å². The summed E-state index contributed by atoms with van der Waals surface area (Å²) >= 11 is 11.3. The summed E-state index contributed by atoms with van der Waals surface area (Å²) in [5.41, 5.74) is 4.32. The Morgan fingerprint density at radius 2 is 1.77 bits per heavy atom. The highest BCUT2D eigenvalue weighted by atomic mass is 79.9. The van der Waals surface area contributed by atoms with Gasteiger partial charge in [-0.3, -0.25) is 9.59 Å². The number of fused-ring (bicyclic) bond motifs is 3. The Labute approximate surface area is 267 Å². The van der Waals surface area contributed by atoms with Crippen molar-refractivity contribution in [3.8, 4) is 0 Å². The zero-order valence-electron chi connectivity index (χ0n) is 23.6. The first kappa shape index (κ1) is 29.6. The third-order valence-corrected chi connectivity index (χ3v) is 9.50. The normalized spacial score (nSPS) is 15.4. The fourth-order valence-corrected chi connectivity index (χ4v) is 6.70. The summed E-state index contributed by atoms with van der Waals surface area (Å²) in [4.78, 5) is 34.6. The van der Waals surface area contributed by atoms with Gasteiger partial charge in [0.15, 0.2) is 5.65 Å². The van der Waals surface area contributed by atoms with Crippen LogP contribution in [0.2, 0.25) is 5.02 Å². The summed E-state index contributed by atoms with van der Waals surface area (Å²) in [5, 5.41) is 11.0. The van der Waals surface area contributed by atoms with Crippen molar-refractivity contribution in [2.24, 2.45) is 0 Å². The first-order chi connectivity index (χ1) is 20.9. The maximum atomic E-state index is 13.0. The second-order valence-corrected chi connectivity index (χ2v) is 13.0. The van der Waals surface area contributed by atoms with Gasteiger partial charge >= 0.3 is 0 Å². The van der Waals surface area contributed by atoms with Crippen LogP contribution in [0.5, 0.6) is 0 Å². The highest BCUT2D eigenvalue weighted by Crippen LogP contribution is 2.29. The number of halogens is 2. The van der Waals surface area contributed by atoms with Gasteiger partial charge in [-0.2, -0.15) is 0 Å². The van der Waals surface area contributed by atoms with Crippen LogP contribution in [0, 0.1) is 0 Å². The van der Waals surface area contributed by atoms with E-state index in [2.05, 4.69) is 55.0 Å². The van der Waals surface area contributed by atoms with E-state index < -0.39 is 0 Å². The number of carbonyl (C=O) groups is 2. The Morgan fingerprint density at radius 3 is 2.56 bits per heavy atom. The molecule has 1 aliphatic heterocycles. The second kappa shape index (κ2) is 13.0. The van der Waals surface area contributed by atoms with E-state index >= 15 is 0 Å². The molecule has 6 rings (SSSR count). The molecule has 1 aliphatic rings. The number of hydrogen-bond donors (Lipinski definition) is 0. The van der Waals surface area contributed by atoms with Crippen LogP contribution < -0.4 is 0 Å². The van der Waals surface area contributed by atoms with Gasteiger partial charge in [-0.15, -0.1) is 10.2 Å². The van der Waals surface area contributed by atoms with Crippen molar-refractivity contribution in [3.63, 3.8) is 0 Å². The van der Waals surface area contributed by atoms with Gasteiger partial charge in [0.05, 0.1) is 16.1 Å². The number of nitrogens with zero attached hydrogens (tertiary/aromatic N) is 6. The molecule has 5 aromatic rings.